The second kappa shape index (κ2) is 6.63. The van der Waals surface area contributed by atoms with Crippen LogP contribution in [0.25, 0.3) is 0 Å². The Kier molecular flexibility index (Phi) is 4.87. The number of hydrogen-bond donors (Lipinski definition) is 1. The minimum absolute atomic E-state index is 0.0968. The lowest BCUT2D eigenvalue weighted by atomic mass is 10.1. The van der Waals surface area contributed by atoms with Gasteiger partial charge < -0.3 is 19.5 Å². The molecule has 1 aliphatic rings. The van der Waals surface area contributed by atoms with E-state index in [1.54, 1.807) is 25.3 Å². The summed E-state index contributed by atoms with van der Waals surface area (Å²) >= 11 is 5.69. The fraction of sp³-hybridized carbons (Fsp3) is 0.462. The number of nitrogens with one attached hydrogen (secondary N) is 1. The number of rotatable bonds is 6. The summed E-state index contributed by atoms with van der Waals surface area (Å²) in [4.78, 5) is 12.1. The molecule has 6 heteroatoms. The highest BCUT2D eigenvalue weighted by atomic mass is 35.5. The van der Waals surface area contributed by atoms with Gasteiger partial charge in [0.2, 0.25) is 6.79 Å². The van der Waals surface area contributed by atoms with Crippen LogP contribution >= 0.6 is 11.6 Å². The number of amides is 1. The van der Waals surface area contributed by atoms with E-state index in [4.69, 9.17) is 25.8 Å². The molecule has 5 nitrogen and oxygen atoms in total. The molecule has 1 unspecified atom stereocenters. The molecule has 0 aliphatic carbocycles. The molecule has 0 spiro atoms. The molecule has 1 aromatic carbocycles. The first-order valence-electron chi connectivity index (χ1n) is 6.00. The van der Waals surface area contributed by atoms with E-state index >= 15 is 0 Å². The summed E-state index contributed by atoms with van der Waals surface area (Å²) in [5.74, 6) is 1.54. The van der Waals surface area contributed by atoms with Gasteiger partial charge in [0, 0.05) is 18.6 Å². The van der Waals surface area contributed by atoms with Crippen LogP contribution in [0.5, 0.6) is 11.5 Å². The van der Waals surface area contributed by atoms with Crippen LogP contribution in [0.4, 0.5) is 0 Å². The fourth-order valence-electron chi connectivity index (χ4n) is 1.84. The Morgan fingerprint density at radius 3 is 3.00 bits per heavy atom. The molecule has 1 amide bonds. The number of carbonyl (C=O) groups is 1. The van der Waals surface area contributed by atoms with Gasteiger partial charge in [0.05, 0.1) is 12.6 Å². The topological polar surface area (TPSA) is 56.8 Å². The Balaban J connectivity index is 2.02. The van der Waals surface area contributed by atoms with Crippen molar-refractivity contribution < 1.29 is 19.0 Å². The van der Waals surface area contributed by atoms with Crippen molar-refractivity contribution in [3.63, 3.8) is 0 Å². The fourth-order valence-corrected chi connectivity index (χ4v) is 2.10. The number of methoxy groups -OCH3 is 1. The van der Waals surface area contributed by atoms with Crippen molar-refractivity contribution in [1.29, 1.82) is 0 Å². The summed E-state index contributed by atoms with van der Waals surface area (Å²) in [6.45, 7) is 0.627. The van der Waals surface area contributed by atoms with E-state index in [0.717, 1.165) is 0 Å². The minimum atomic E-state index is -0.175. The van der Waals surface area contributed by atoms with Crippen molar-refractivity contribution in [1.82, 2.24) is 5.32 Å². The van der Waals surface area contributed by atoms with E-state index in [-0.39, 0.29) is 18.7 Å². The Morgan fingerprint density at radius 2 is 2.26 bits per heavy atom. The van der Waals surface area contributed by atoms with E-state index in [1.165, 1.54) is 0 Å². The van der Waals surface area contributed by atoms with Crippen LogP contribution in [-0.2, 0) is 4.74 Å². The van der Waals surface area contributed by atoms with Crippen molar-refractivity contribution in [2.24, 2.45) is 0 Å². The molecule has 0 saturated heterocycles. The summed E-state index contributed by atoms with van der Waals surface area (Å²) in [6.07, 6.45) is 0.658. The Labute approximate surface area is 116 Å². The van der Waals surface area contributed by atoms with Gasteiger partial charge >= 0.3 is 0 Å². The van der Waals surface area contributed by atoms with Gasteiger partial charge in [0.25, 0.3) is 5.91 Å². The predicted octanol–water partition coefficient (Wildman–Crippen LogP) is 1.79. The highest BCUT2D eigenvalue weighted by Crippen LogP contribution is 2.32. The van der Waals surface area contributed by atoms with Gasteiger partial charge in [-0.05, 0) is 24.6 Å². The zero-order valence-electron chi connectivity index (χ0n) is 10.6. The van der Waals surface area contributed by atoms with Crippen LogP contribution < -0.4 is 14.8 Å². The molecule has 0 fully saturated rings. The van der Waals surface area contributed by atoms with Gasteiger partial charge in [-0.15, -0.1) is 11.6 Å². The highest BCUT2D eigenvalue weighted by Gasteiger charge is 2.18. The lowest BCUT2D eigenvalue weighted by molar-refractivity contribution is 0.0894. The maximum Gasteiger partial charge on any atom is 0.251 e. The SMILES string of the molecule is COCC(CCCl)NC(=O)c1ccc2c(c1)OCO2. The summed E-state index contributed by atoms with van der Waals surface area (Å²) in [6, 6.07) is 5.00. The summed E-state index contributed by atoms with van der Waals surface area (Å²) in [7, 11) is 1.59. The quantitative estimate of drug-likeness (QED) is 0.810. The van der Waals surface area contributed by atoms with Gasteiger partial charge in [-0.2, -0.15) is 0 Å². The third kappa shape index (κ3) is 3.52. The average Bonchev–Trinajstić information content (AvgIpc) is 2.86. The van der Waals surface area contributed by atoms with E-state index < -0.39 is 0 Å². The maximum absolute atomic E-state index is 12.1. The van der Waals surface area contributed by atoms with Gasteiger partial charge in [-0.1, -0.05) is 0 Å². The second-order valence-corrected chi connectivity index (χ2v) is 4.55. The molecule has 104 valence electrons. The molecule has 0 radical (unpaired) electrons. The molecule has 1 heterocycles. The molecular weight excluding hydrogens is 270 g/mol. The standard InChI is InChI=1S/C13H16ClNO4/c1-17-7-10(4-5-14)15-13(16)9-2-3-11-12(6-9)19-8-18-11/h2-3,6,10H,4-5,7-8H2,1H3,(H,15,16). The first kappa shape index (κ1) is 14.0. The number of halogens is 1. The van der Waals surface area contributed by atoms with Crippen LogP contribution in [0.2, 0.25) is 0 Å². The number of hydrogen-bond acceptors (Lipinski definition) is 4. The number of alkyl halides is 1. The Morgan fingerprint density at radius 1 is 1.47 bits per heavy atom. The molecule has 0 aromatic heterocycles. The third-order valence-electron chi connectivity index (χ3n) is 2.80. The van der Waals surface area contributed by atoms with Gasteiger partial charge in [-0.3, -0.25) is 4.79 Å². The van der Waals surface area contributed by atoms with Crippen molar-refractivity contribution in [2.45, 2.75) is 12.5 Å². The molecular formula is C13H16ClNO4. The minimum Gasteiger partial charge on any atom is -0.454 e. The molecule has 0 saturated carbocycles. The van der Waals surface area contributed by atoms with Crippen molar-refractivity contribution >= 4 is 17.5 Å². The molecule has 1 N–H and O–H groups in total. The first-order valence-corrected chi connectivity index (χ1v) is 6.53. The van der Waals surface area contributed by atoms with Gasteiger partial charge in [-0.25, -0.2) is 0 Å². The highest BCUT2D eigenvalue weighted by molar-refractivity contribution is 6.17. The van der Waals surface area contributed by atoms with Crippen LogP contribution in [0.3, 0.4) is 0 Å². The molecule has 0 bridgehead atoms. The van der Waals surface area contributed by atoms with Gasteiger partial charge in [0.15, 0.2) is 11.5 Å². The predicted molar refractivity (Wildman–Crippen MR) is 71.0 cm³/mol. The Bertz CT molecular complexity index is 446. The van der Waals surface area contributed by atoms with Crippen molar-refractivity contribution in [3.8, 4) is 11.5 Å². The van der Waals surface area contributed by atoms with E-state index in [2.05, 4.69) is 5.32 Å². The molecule has 2 rings (SSSR count). The Hall–Kier alpha value is -1.46. The van der Waals surface area contributed by atoms with E-state index in [0.29, 0.717) is 36.0 Å². The number of carbonyl (C=O) groups excluding carboxylic acids is 1. The lowest BCUT2D eigenvalue weighted by Crippen LogP contribution is -2.38. The third-order valence-corrected chi connectivity index (χ3v) is 3.01. The van der Waals surface area contributed by atoms with Crippen molar-refractivity contribution in [3.05, 3.63) is 23.8 Å². The van der Waals surface area contributed by atoms with Crippen LogP contribution in [-0.4, -0.2) is 38.3 Å². The summed E-state index contributed by atoms with van der Waals surface area (Å²) in [5.41, 5.74) is 0.528. The van der Waals surface area contributed by atoms with Crippen LogP contribution in [0, 0.1) is 0 Å². The normalized spacial score (nSPS) is 14.2. The molecule has 19 heavy (non-hydrogen) atoms. The van der Waals surface area contributed by atoms with E-state index in [1.807, 2.05) is 0 Å². The largest absolute Gasteiger partial charge is 0.454 e. The number of fused-ring (bicyclic) bond motifs is 1. The maximum atomic E-state index is 12.1. The van der Waals surface area contributed by atoms with Gasteiger partial charge in [0.1, 0.15) is 0 Å². The molecule has 1 atom stereocenters. The lowest BCUT2D eigenvalue weighted by Gasteiger charge is -2.16. The summed E-state index contributed by atoms with van der Waals surface area (Å²) < 4.78 is 15.5. The molecule has 1 aliphatic heterocycles. The monoisotopic (exact) mass is 285 g/mol. The van der Waals surface area contributed by atoms with Crippen LogP contribution in [0.15, 0.2) is 18.2 Å². The first-order chi connectivity index (χ1) is 9.24. The average molecular weight is 286 g/mol. The molecule has 1 aromatic rings. The van der Waals surface area contributed by atoms with Crippen molar-refractivity contribution in [2.75, 3.05) is 26.4 Å². The number of ether oxygens (including phenoxy) is 3. The summed E-state index contributed by atoms with van der Waals surface area (Å²) in [5, 5.41) is 2.88. The van der Waals surface area contributed by atoms with E-state index in [9.17, 15) is 4.79 Å². The second-order valence-electron chi connectivity index (χ2n) is 4.17. The van der Waals surface area contributed by atoms with Crippen LogP contribution in [0.1, 0.15) is 16.8 Å². The number of benzene rings is 1. The smallest absolute Gasteiger partial charge is 0.251 e. The zero-order valence-corrected chi connectivity index (χ0v) is 11.4. The zero-order chi connectivity index (χ0) is 13.7.